The maximum Gasteiger partial charge on any atom is 0.328 e. The van der Waals surface area contributed by atoms with Gasteiger partial charge in [0.2, 0.25) is 0 Å². The zero-order chi connectivity index (χ0) is 7.98. The SMILES string of the molecule is O=C/C(Cl)=C/C=C/C(=O)O. The fourth-order valence-electron chi connectivity index (χ4n) is 0.262. The Bertz CT molecular complexity index is 193. The summed E-state index contributed by atoms with van der Waals surface area (Å²) < 4.78 is 0. The Balaban J connectivity index is 3.93. The van der Waals surface area contributed by atoms with Gasteiger partial charge in [0.15, 0.2) is 6.29 Å². The summed E-state index contributed by atoms with van der Waals surface area (Å²) in [6.45, 7) is 0. The van der Waals surface area contributed by atoms with Gasteiger partial charge in [0.05, 0.1) is 5.03 Å². The molecule has 0 aromatic carbocycles. The molecule has 0 spiro atoms. The van der Waals surface area contributed by atoms with Crippen molar-refractivity contribution in [3.63, 3.8) is 0 Å². The molecule has 0 aromatic rings. The molecule has 4 heteroatoms. The van der Waals surface area contributed by atoms with Crippen LogP contribution in [0, 0.1) is 0 Å². The topological polar surface area (TPSA) is 54.4 Å². The van der Waals surface area contributed by atoms with Crippen LogP contribution < -0.4 is 0 Å². The van der Waals surface area contributed by atoms with Crippen molar-refractivity contribution in [3.8, 4) is 0 Å². The molecule has 3 nitrogen and oxygen atoms in total. The van der Waals surface area contributed by atoms with Crippen molar-refractivity contribution in [1.82, 2.24) is 0 Å². The quantitative estimate of drug-likeness (QED) is 0.380. The van der Waals surface area contributed by atoms with Crippen molar-refractivity contribution in [2.24, 2.45) is 0 Å². The monoisotopic (exact) mass is 160 g/mol. The molecule has 0 aliphatic heterocycles. The number of carbonyl (C=O) groups is 2. The van der Waals surface area contributed by atoms with E-state index in [2.05, 4.69) is 0 Å². The molecular formula is C6H5ClO3. The predicted octanol–water partition coefficient (Wildman–Crippen LogP) is 0.949. The lowest BCUT2D eigenvalue weighted by molar-refractivity contribution is -0.131. The Morgan fingerprint density at radius 2 is 2.10 bits per heavy atom. The Labute approximate surface area is 62.6 Å². The third-order valence-corrected chi connectivity index (χ3v) is 0.822. The molecule has 0 saturated heterocycles. The number of aliphatic carboxylic acids is 1. The average molecular weight is 161 g/mol. The summed E-state index contributed by atoms with van der Waals surface area (Å²) in [5.74, 6) is -1.08. The van der Waals surface area contributed by atoms with Crippen LogP contribution in [-0.4, -0.2) is 17.4 Å². The first-order valence-corrected chi connectivity index (χ1v) is 2.76. The van der Waals surface area contributed by atoms with Crippen molar-refractivity contribution in [3.05, 3.63) is 23.3 Å². The minimum Gasteiger partial charge on any atom is -0.478 e. The van der Waals surface area contributed by atoms with Crippen LogP contribution in [0.4, 0.5) is 0 Å². The molecule has 1 N–H and O–H groups in total. The van der Waals surface area contributed by atoms with Gasteiger partial charge in [0, 0.05) is 6.08 Å². The van der Waals surface area contributed by atoms with Crippen LogP contribution in [0.15, 0.2) is 23.3 Å². The zero-order valence-corrected chi connectivity index (χ0v) is 5.71. The van der Waals surface area contributed by atoms with Gasteiger partial charge in [-0.25, -0.2) is 4.79 Å². The maximum atomic E-state index is 9.82. The molecule has 0 atom stereocenters. The fourth-order valence-corrected chi connectivity index (χ4v) is 0.334. The molecule has 0 amide bonds. The van der Waals surface area contributed by atoms with Gasteiger partial charge < -0.3 is 5.11 Å². The molecule has 0 fully saturated rings. The summed E-state index contributed by atoms with van der Waals surface area (Å²) in [5.41, 5.74) is 0. The van der Waals surface area contributed by atoms with Crippen molar-refractivity contribution < 1.29 is 14.7 Å². The first-order valence-electron chi connectivity index (χ1n) is 2.39. The summed E-state index contributed by atoms with van der Waals surface area (Å²) in [4.78, 5) is 19.6. The van der Waals surface area contributed by atoms with E-state index in [0.29, 0.717) is 6.29 Å². The third-order valence-electron chi connectivity index (χ3n) is 0.607. The molecular weight excluding hydrogens is 156 g/mol. The zero-order valence-electron chi connectivity index (χ0n) is 4.95. The van der Waals surface area contributed by atoms with E-state index in [0.717, 1.165) is 6.08 Å². The highest BCUT2D eigenvalue weighted by molar-refractivity contribution is 6.38. The van der Waals surface area contributed by atoms with E-state index in [1.807, 2.05) is 0 Å². The molecule has 54 valence electrons. The second-order valence-electron chi connectivity index (χ2n) is 1.37. The van der Waals surface area contributed by atoms with E-state index in [9.17, 15) is 9.59 Å². The number of carbonyl (C=O) groups excluding carboxylic acids is 1. The van der Waals surface area contributed by atoms with Gasteiger partial charge in [0.25, 0.3) is 0 Å². The third kappa shape index (κ3) is 5.05. The lowest BCUT2D eigenvalue weighted by atomic mass is 10.4. The van der Waals surface area contributed by atoms with Gasteiger partial charge in [0.1, 0.15) is 0 Å². The van der Waals surface area contributed by atoms with Crippen molar-refractivity contribution in [2.75, 3.05) is 0 Å². The van der Waals surface area contributed by atoms with Gasteiger partial charge in [-0.15, -0.1) is 0 Å². The Kier molecular flexibility index (Phi) is 4.24. The van der Waals surface area contributed by atoms with E-state index >= 15 is 0 Å². The largest absolute Gasteiger partial charge is 0.478 e. The Hall–Kier alpha value is -1.09. The molecule has 0 aromatic heterocycles. The van der Waals surface area contributed by atoms with Gasteiger partial charge in [-0.05, 0) is 6.08 Å². The average Bonchev–Trinajstić information content (AvgIpc) is 1.87. The van der Waals surface area contributed by atoms with E-state index in [4.69, 9.17) is 16.7 Å². The number of halogens is 1. The highest BCUT2D eigenvalue weighted by atomic mass is 35.5. The molecule has 0 unspecified atom stereocenters. The van der Waals surface area contributed by atoms with Crippen LogP contribution in [0.1, 0.15) is 0 Å². The van der Waals surface area contributed by atoms with Crippen LogP contribution in [0.5, 0.6) is 0 Å². The van der Waals surface area contributed by atoms with Gasteiger partial charge in [-0.2, -0.15) is 0 Å². The van der Waals surface area contributed by atoms with Crippen LogP contribution in [0.2, 0.25) is 0 Å². The van der Waals surface area contributed by atoms with E-state index in [1.165, 1.54) is 12.2 Å². The molecule has 0 saturated carbocycles. The minimum absolute atomic E-state index is 0.0301. The van der Waals surface area contributed by atoms with E-state index in [-0.39, 0.29) is 5.03 Å². The molecule has 0 aliphatic rings. The summed E-state index contributed by atoms with van der Waals surface area (Å²) in [6.07, 6.45) is 3.68. The van der Waals surface area contributed by atoms with Crippen LogP contribution >= 0.6 is 11.6 Å². The number of hydrogen-bond donors (Lipinski definition) is 1. The van der Waals surface area contributed by atoms with Crippen molar-refractivity contribution in [1.29, 1.82) is 0 Å². The second-order valence-corrected chi connectivity index (χ2v) is 1.80. The first-order chi connectivity index (χ1) is 4.66. The molecule has 0 aliphatic carbocycles. The number of rotatable bonds is 3. The summed E-state index contributed by atoms with van der Waals surface area (Å²) in [5, 5.41) is 8.02. The smallest absolute Gasteiger partial charge is 0.328 e. The highest BCUT2D eigenvalue weighted by Crippen LogP contribution is 1.94. The molecule has 0 rings (SSSR count). The summed E-state index contributed by atoms with van der Waals surface area (Å²) in [6, 6.07) is 0. The number of aldehydes is 1. The van der Waals surface area contributed by atoms with Crippen LogP contribution in [0.3, 0.4) is 0 Å². The second kappa shape index (κ2) is 4.76. The number of carboxylic acids is 1. The number of carboxylic acid groups (broad SMARTS) is 1. The summed E-state index contributed by atoms with van der Waals surface area (Å²) in [7, 11) is 0. The van der Waals surface area contributed by atoms with Crippen LogP contribution in [-0.2, 0) is 9.59 Å². The first kappa shape index (κ1) is 8.91. The Morgan fingerprint density at radius 1 is 1.50 bits per heavy atom. The normalized spacial score (nSPS) is 11.9. The van der Waals surface area contributed by atoms with Gasteiger partial charge in [-0.3, -0.25) is 4.79 Å². The fraction of sp³-hybridized carbons (Fsp3) is 0. The minimum atomic E-state index is -1.08. The maximum absolute atomic E-state index is 9.82. The standard InChI is InChI=1S/C6H5ClO3/c7-5(4-8)2-1-3-6(9)10/h1-4H,(H,9,10)/b3-1+,5-2-. The highest BCUT2D eigenvalue weighted by Gasteiger charge is 1.84. The van der Waals surface area contributed by atoms with Gasteiger partial charge >= 0.3 is 5.97 Å². The number of hydrogen-bond acceptors (Lipinski definition) is 2. The van der Waals surface area contributed by atoms with Crippen molar-refractivity contribution >= 4 is 23.9 Å². The van der Waals surface area contributed by atoms with Gasteiger partial charge in [-0.1, -0.05) is 17.7 Å². The predicted molar refractivity (Wildman–Crippen MR) is 36.8 cm³/mol. The molecule has 0 bridgehead atoms. The lowest BCUT2D eigenvalue weighted by Crippen LogP contribution is -1.84. The number of allylic oxidation sites excluding steroid dienone is 3. The molecule has 0 radical (unpaired) electrons. The molecule has 0 heterocycles. The summed E-state index contributed by atoms with van der Waals surface area (Å²) >= 11 is 5.20. The van der Waals surface area contributed by atoms with Crippen LogP contribution in [0.25, 0.3) is 0 Å². The Morgan fingerprint density at radius 3 is 2.50 bits per heavy atom. The van der Waals surface area contributed by atoms with Crippen molar-refractivity contribution in [2.45, 2.75) is 0 Å². The molecule has 10 heavy (non-hydrogen) atoms. The van der Waals surface area contributed by atoms with E-state index < -0.39 is 5.97 Å². The lowest BCUT2D eigenvalue weighted by Gasteiger charge is -1.77. The van der Waals surface area contributed by atoms with E-state index in [1.54, 1.807) is 0 Å².